The Hall–Kier alpha value is -1.84. The van der Waals surface area contributed by atoms with Crippen LogP contribution < -0.4 is 10.6 Å². The molecule has 2 N–H and O–H groups in total. The van der Waals surface area contributed by atoms with Crippen molar-refractivity contribution in [3.05, 3.63) is 35.4 Å². The number of carbonyl (C=O) groups is 2. The lowest BCUT2D eigenvalue weighted by Gasteiger charge is -2.22. The topological polar surface area (TPSA) is 58.2 Å². The summed E-state index contributed by atoms with van der Waals surface area (Å²) in [4.78, 5) is 24.5. The average molecular weight is 342 g/mol. The summed E-state index contributed by atoms with van der Waals surface area (Å²) in [7, 11) is 0. The van der Waals surface area contributed by atoms with E-state index in [2.05, 4.69) is 10.6 Å². The molecule has 4 heteroatoms. The van der Waals surface area contributed by atoms with Crippen LogP contribution >= 0.6 is 0 Å². The second-order valence-electron chi connectivity index (χ2n) is 7.56. The molecule has 2 aliphatic rings. The first-order valence-corrected chi connectivity index (χ1v) is 9.90. The molecule has 4 nitrogen and oxygen atoms in total. The fourth-order valence-corrected chi connectivity index (χ4v) is 3.99. The quantitative estimate of drug-likeness (QED) is 0.851. The fourth-order valence-electron chi connectivity index (χ4n) is 3.99. The van der Waals surface area contributed by atoms with Gasteiger partial charge in [0.05, 0.1) is 0 Å². The molecule has 2 saturated carbocycles. The minimum absolute atomic E-state index is 0.0182. The lowest BCUT2D eigenvalue weighted by molar-refractivity contribution is -0.126. The van der Waals surface area contributed by atoms with Gasteiger partial charge >= 0.3 is 0 Å². The Labute approximate surface area is 150 Å². The summed E-state index contributed by atoms with van der Waals surface area (Å²) in [5, 5.41) is 6.18. The highest BCUT2D eigenvalue weighted by atomic mass is 16.2. The Morgan fingerprint density at radius 3 is 2.08 bits per heavy atom. The van der Waals surface area contributed by atoms with E-state index in [1.54, 1.807) is 0 Å². The van der Waals surface area contributed by atoms with E-state index in [9.17, 15) is 9.59 Å². The second kappa shape index (κ2) is 9.02. The molecule has 2 amide bonds. The third-order valence-corrected chi connectivity index (χ3v) is 5.60. The molecule has 1 aromatic carbocycles. The highest BCUT2D eigenvalue weighted by Gasteiger charge is 2.20. The van der Waals surface area contributed by atoms with Crippen LogP contribution in [-0.4, -0.2) is 17.9 Å². The molecule has 25 heavy (non-hydrogen) atoms. The van der Waals surface area contributed by atoms with Gasteiger partial charge in [-0.1, -0.05) is 50.7 Å². The van der Waals surface area contributed by atoms with Crippen molar-refractivity contribution in [1.82, 2.24) is 10.6 Å². The smallest absolute Gasteiger partial charge is 0.251 e. The Morgan fingerprint density at radius 1 is 0.840 bits per heavy atom. The summed E-state index contributed by atoms with van der Waals surface area (Å²) < 4.78 is 0. The van der Waals surface area contributed by atoms with Gasteiger partial charge < -0.3 is 10.6 Å². The first kappa shape index (κ1) is 18.0. The molecule has 2 fully saturated rings. The molecule has 1 aromatic rings. The molecule has 0 spiro atoms. The summed E-state index contributed by atoms with van der Waals surface area (Å²) in [5.41, 5.74) is 1.74. The van der Waals surface area contributed by atoms with E-state index in [0.29, 0.717) is 18.2 Å². The molecule has 0 unspecified atom stereocenters. The molecule has 0 bridgehead atoms. The van der Waals surface area contributed by atoms with Crippen molar-refractivity contribution < 1.29 is 9.59 Å². The molecule has 0 atom stereocenters. The van der Waals surface area contributed by atoms with Gasteiger partial charge in [-0.3, -0.25) is 9.59 Å². The van der Waals surface area contributed by atoms with E-state index < -0.39 is 0 Å². The first-order valence-electron chi connectivity index (χ1n) is 9.90. The molecular weight excluding hydrogens is 312 g/mol. The summed E-state index contributed by atoms with van der Waals surface area (Å²) in [6.45, 7) is 0.542. The van der Waals surface area contributed by atoms with Gasteiger partial charge in [-0.25, -0.2) is 0 Å². The SMILES string of the molecule is O=C(NC1CCCCC1)c1ccc(CNC(=O)C2CCCCC2)cc1. The number of rotatable bonds is 5. The highest BCUT2D eigenvalue weighted by molar-refractivity contribution is 5.94. The molecule has 0 radical (unpaired) electrons. The van der Waals surface area contributed by atoms with Crippen molar-refractivity contribution in [2.75, 3.05) is 0 Å². The van der Waals surface area contributed by atoms with Crippen LogP contribution in [0.1, 0.15) is 80.1 Å². The molecule has 2 aliphatic carbocycles. The molecule has 136 valence electrons. The van der Waals surface area contributed by atoms with Crippen LogP contribution in [0.2, 0.25) is 0 Å². The van der Waals surface area contributed by atoms with Gasteiger partial charge in [0.1, 0.15) is 0 Å². The molecule has 0 heterocycles. The van der Waals surface area contributed by atoms with Gasteiger partial charge in [0.2, 0.25) is 5.91 Å². The molecule has 3 rings (SSSR count). The Morgan fingerprint density at radius 2 is 1.44 bits per heavy atom. The van der Waals surface area contributed by atoms with Crippen LogP contribution in [-0.2, 0) is 11.3 Å². The van der Waals surface area contributed by atoms with Crippen molar-refractivity contribution in [1.29, 1.82) is 0 Å². The van der Waals surface area contributed by atoms with Crippen molar-refractivity contribution >= 4 is 11.8 Å². The predicted octanol–water partition coefficient (Wildman–Crippen LogP) is 3.95. The minimum atomic E-state index is 0.0182. The normalized spacial score (nSPS) is 19.4. The van der Waals surface area contributed by atoms with Gasteiger partial charge in [-0.05, 0) is 43.4 Å². The van der Waals surface area contributed by atoms with Crippen LogP contribution in [0, 0.1) is 5.92 Å². The molecule has 0 aliphatic heterocycles. The monoisotopic (exact) mass is 342 g/mol. The minimum Gasteiger partial charge on any atom is -0.352 e. The van der Waals surface area contributed by atoms with Gasteiger partial charge in [0, 0.05) is 24.1 Å². The predicted molar refractivity (Wildman–Crippen MR) is 99.2 cm³/mol. The zero-order chi connectivity index (χ0) is 17.5. The van der Waals surface area contributed by atoms with E-state index >= 15 is 0 Å². The maximum atomic E-state index is 12.3. The number of benzene rings is 1. The van der Waals surface area contributed by atoms with Crippen molar-refractivity contribution in [2.24, 2.45) is 5.92 Å². The van der Waals surface area contributed by atoms with Crippen LogP contribution in [0.3, 0.4) is 0 Å². The standard InChI is InChI=1S/C21H30N2O2/c24-20(17-7-3-1-4-8-17)22-15-16-11-13-18(14-12-16)21(25)23-19-9-5-2-6-10-19/h11-14,17,19H,1-10,15H2,(H,22,24)(H,23,25). The lowest BCUT2D eigenvalue weighted by atomic mass is 9.88. The fraction of sp³-hybridized carbons (Fsp3) is 0.619. The zero-order valence-electron chi connectivity index (χ0n) is 15.1. The largest absolute Gasteiger partial charge is 0.352 e. The number of carbonyl (C=O) groups excluding carboxylic acids is 2. The maximum absolute atomic E-state index is 12.3. The van der Waals surface area contributed by atoms with Crippen LogP contribution in [0.4, 0.5) is 0 Å². The summed E-state index contributed by atoms with van der Waals surface area (Å²) in [6.07, 6.45) is 11.5. The van der Waals surface area contributed by atoms with Crippen LogP contribution in [0.15, 0.2) is 24.3 Å². The van der Waals surface area contributed by atoms with E-state index in [1.165, 1.54) is 38.5 Å². The Balaban J connectivity index is 1.46. The Kier molecular flexibility index (Phi) is 6.48. The number of amides is 2. The van der Waals surface area contributed by atoms with Gasteiger partial charge in [0.15, 0.2) is 0 Å². The van der Waals surface area contributed by atoms with Gasteiger partial charge in [0.25, 0.3) is 5.91 Å². The van der Waals surface area contributed by atoms with E-state index in [1.807, 2.05) is 24.3 Å². The average Bonchev–Trinajstić information content (AvgIpc) is 2.68. The molecule has 0 saturated heterocycles. The van der Waals surface area contributed by atoms with Gasteiger partial charge in [-0.2, -0.15) is 0 Å². The Bertz CT molecular complexity index is 570. The number of hydrogen-bond donors (Lipinski definition) is 2. The third-order valence-electron chi connectivity index (χ3n) is 5.60. The summed E-state index contributed by atoms with van der Waals surface area (Å²) >= 11 is 0. The number of nitrogens with one attached hydrogen (secondary N) is 2. The number of hydrogen-bond acceptors (Lipinski definition) is 2. The molecular formula is C21H30N2O2. The summed E-state index contributed by atoms with van der Waals surface area (Å²) in [6, 6.07) is 7.93. The van der Waals surface area contributed by atoms with Crippen molar-refractivity contribution in [2.45, 2.75) is 76.8 Å². The van der Waals surface area contributed by atoms with E-state index in [4.69, 9.17) is 0 Å². The zero-order valence-corrected chi connectivity index (χ0v) is 15.1. The van der Waals surface area contributed by atoms with E-state index in [-0.39, 0.29) is 17.7 Å². The highest BCUT2D eigenvalue weighted by Crippen LogP contribution is 2.23. The lowest BCUT2D eigenvalue weighted by Crippen LogP contribution is -2.36. The van der Waals surface area contributed by atoms with Gasteiger partial charge in [-0.15, -0.1) is 0 Å². The maximum Gasteiger partial charge on any atom is 0.251 e. The second-order valence-corrected chi connectivity index (χ2v) is 7.56. The van der Waals surface area contributed by atoms with Crippen LogP contribution in [0.25, 0.3) is 0 Å². The molecule has 0 aromatic heterocycles. The van der Waals surface area contributed by atoms with Crippen LogP contribution in [0.5, 0.6) is 0 Å². The first-order chi connectivity index (χ1) is 12.2. The van der Waals surface area contributed by atoms with Crippen molar-refractivity contribution in [3.63, 3.8) is 0 Å². The van der Waals surface area contributed by atoms with Crippen molar-refractivity contribution in [3.8, 4) is 0 Å². The third kappa shape index (κ3) is 5.32. The van der Waals surface area contributed by atoms with E-state index in [0.717, 1.165) is 31.2 Å². The summed E-state index contributed by atoms with van der Waals surface area (Å²) in [5.74, 6) is 0.387.